The van der Waals surface area contributed by atoms with E-state index in [2.05, 4.69) is 41.5 Å². The lowest BCUT2D eigenvalue weighted by molar-refractivity contribution is 0.0522. The quantitative estimate of drug-likeness (QED) is 0.184. The lowest BCUT2D eigenvalue weighted by atomic mass is 9.75. The fourth-order valence-electron chi connectivity index (χ4n) is 6.38. The number of rotatable bonds is 11. The Kier molecular flexibility index (Phi) is 11.6. The van der Waals surface area contributed by atoms with Gasteiger partial charge >= 0.3 is 0 Å². The molecule has 8 atom stereocenters. The second-order valence-corrected chi connectivity index (χ2v) is 23.0. The largest absolute Gasteiger partial charge is 0.314 e. The summed E-state index contributed by atoms with van der Waals surface area (Å²) in [5.74, 6) is 2.65. The molecule has 2 aliphatic carbocycles. The highest BCUT2D eigenvalue weighted by Crippen LogP contribution is 2.76. The van der Waals surface area contributed by atoms with Gasteiger partial charge in [-0.2, -0.15) is 0 Å². The van der Waals surface area contributed by atoms with Gasteiger partial charge in [0, 0.05) is 31.4 Å². The van der Waals surface area contributed by atoms with Gasteiger partial charge in [0.05, 0.1) is 12.2 Å². The molecule has 8 heteroatoms. The van der Waals surface area contributed by atoms with Gasteiger partial charge in [-0.05, 0) is 85.5 Å². The maximum Gasteiger partial charge on any atom is 0.298 e. The van der Waals surface area contributed by atoms with Gasteiger partial charge in [-0.1, -0.05) is 90.8 Å². The van der Waals surface area contributed by atoms with Crippen molar-refractivity contribution in [2.45, 2.75) is 92.3 Å². The number of benzene rings is 2. The van der Waals surface area contributed by atoms with Crippen LogP contribution >= 0.6 is 34.0 Å². The minimum atomic E-state index is -3.43. The highest BCUT2D eigenvalue weighted by atomic mass is 33.5. The number of hydrogen-bond donors (Lipinski definition) is 0. The van der Waals surface area contributed by atoms with E-state index in [-0.39, 0.29) is 12.2 Å². The third kappa shape index (κ3) is 8.12. The average Bonchev–Trinajstić information content (AvgIpc) is 2.93. The Morgan fingerprint density at radius 2 is 0.975 bits per heavy atom. The summed E-state index contributed by atoms with van der Waals surface area (Å²) >= 11 is 0. The predicted octanol–water partition coefficient (Wildman–Crippen LogP) is 10.4. The van der Waals surface area contributed by atoms with Crippen LogP contribution in [0.3, 0.4) is 0 Å². The van der Waals surface area contributed by atoms with Crippen molar-refractivity contribution in [3.8, 4) is 0 Å². The van der Waals surface area contributed by atoms with Crippen LogP contribution in [0.15, 0.2) is 60.7 Å². The van der Waals surface area contributed by atoms with Gasteiger partial charge < -0.3 is 9.05 Å². The summed E-state index contributed by atoms with van der Waals surface area (Å²) in [5.41, 5.74) is 0. The van der Waals surface area contributed by atoms with Crippen molar-refractivity contribution in [1.82, 2.24) is 0 Å². The van der Waals surface area contributed by atoms with Gasteiger partial charge in [0.1, 0.15) is 0 Å². The summed E-state index contributed by atoms with van der Waals surface area (Å²) in [6, 6.07) is 19.0. The molecule has 0 aliphatic heterocycles. The summed E-state index contributed by atoms with van der Waals surface area (Å²) < 4.78 is 43.2. The minimum Gasteiger partial charge on any atom is -0.314 e. The summed E-state index contributed by atoms with van der Waals surface area (Å²) in [4.78, 5) is 0. The minimum absolute atomic E-state index is 0.0931. The Morgan fingerprint density at radius 1 is 0.625 bits per heavy atom. The molecular weight excluding hydrogens is 574 g/mol. The van der Waals surface area contributed by atoms with Crippen LogP contribution in [0.25, 0.3) is 0 Å². The topological polar surface area (TPSA) is 52.6 Å². The van der Waals surface area contributed by atoms with Crippen LogP contribution in [0.4, 0.5) is 0 Å². The summed E-state index contributed by atoms with van der Waals surface area (Å²) in [7, 11) is 2.30. The molecule has 0 amide bonds. The molecule has 0 aromatic heterocycles. The Labute approximate surface area is 250 Å². The predicted molar refractivity (Wildman–Crippen MR) is 175 cm³/mol. The van der Waals surface area contributed by atoms with E-state index < -0.39 is 13.1 Å². The Balaban J connectivity index is 1.65. The van der Waals surface area contributed by atoms with Gasteiger partial charge in [-0.15, -0.1) is 0 Å². The van der Waals surface area contributed by atoms with Gasteiger partial charge in [0.15, 0.2) is 0 Å². The maximum atomic E-state index is 14.9. The first-order chi connectivity index (χ1) is 19.0. The van der Waals surface area contributed by atoms with Gasteiger partial charge in [0.2, 0.25) is 0 Å². The SMILES string of the molecule is CC(C)[C@@H]1CC[C@@H](C)C[C@H]1O[P@](=O)(SS[P@@](=O)(O[C@@H]1C[C@H](C)CC[C@H]1C(C)C)c1ccccc1)c1ccccc1. The zero-order chi connectivity index (χ0) is 28.9. The molecule has 2 aromatic rings. The molecule has 2 fully saturated rings. The van der Waals surface area contributed by atoms with E-state index in [4.69, 9.17) is 9.05 Å². The van der Waals surface area contributed by atoms with Gasteiger partial charge in [0.25, 0.3) is 13.1 Å². The van der Waals surface area contributed by atoms with Crippen molar-refractivity contribution in [3.05, 3.63) is 60.7 Å². The molecule has 222 valence electrons. The van der Waals surface area contributed by atoms with Crippen molar-refractivity contribution in [1.29, 1.82) is 0 Å². The summed E-state index contributed by atoms with van der Waals surface area (Å²) in [6.45, 7) is 6.60. The Bertz CT molecular complexity index is 1070. The standard InChI is InChI=1S/C32H48O4P2S2/c1-23(2)29-19-17-25(5)21-31(29)35-37(33,27-13-9-7-10-14-27)39-40-38(34,28-15-11-8-12-16-28)36-32-22-26(6)18-20-30(32)24(3)4/h7-16,23-26,29-32H,17-22H2,1-6H3/t25-,26-,29+,30+,31-,32-,37+,38+/m1/s1. The van der Waals surface area contributed by atoms with Crippen molar-refractivity contribution in [3.63, 3.8) is 0 Å². The first kappa shape index (κ1) is 32.4. The third-order valence-corrected chi connectivity index (χ3v) is 21.4. The summed E-state index contributed by atoms with van der Waals surface area (Å²) in [6.07, 6.45) is 6.12. The molecular formula is C32H48O4P2S2. The van der Waals surface area contributed by atoms with E-state index in [0.29, 0.717) is 46.1 Å². The first-order valence-electron chi connectivity index (χ1n) is 15.1. The summed E-state index contributed by atoms with van der Waals surface area (Å²) in [5, 5.41) is 1.33. The van der Waals surface area contributed by atoms with Crippen LogP contribution in [-0.2, 0) is 18.2 Å². The lowest BCUT2D eigenvalue weighted by Gasteiger charge is -2.39. The van der Waals surface area contributed by atoms with Gasteiger partial charge in [-0.3, -0.25) is 9.13 Å². The molecule has 0 N–H and O–H groups in total. The van der Waals surface area contributed by atoms with Crippen molar-refractivity contribution < 1.29 is 18.2 Å². The van der Waals surface area contributed by atoms with Crippen LogP contribution in [-0.4, -0.2) is 12.2 Å². The van der Waals surface area contributed by atoms with E-state index >= 15 is 0 Å². The van der Waals surface area contributed by atoms with E-state index in [1.807, 2.05) is 60.7 Å². The first-order valence-corrected chi connectivity index (χ1v) is 21.7. The van der Waals surface area contributed by atoms with E-state index in [1.54, 1.807) is 0 Å². The monoisotopic (exact) mass is 622 g/mol. The van der Waals surface area contributed by atoms with E-state index in [0.717, 1.165) is 46.5 Å². The maximum absolute atomic E-state index is 14.9. The zero-order valence-electron chi connectivity index (χ0n) is 25.0. The third-order valence-electron chi connectivity index (χ3n) is 8.85. The normalized spacial score (nSPS) is 30.6. The highest BCUT2D eigenvalue weighted by molar-refractivity contribution is 9.14. The van der Waals surface area contributed by atoms with E-state index in [1.165, 1.54) is 12.8 Å². The molecule has 0 heterocycles. The molecule has 0 bridgehead atoms. The van der Waals surface area contributed by atoms with E-state index in [9.17, 15) is 9.13 Å². The lowest BCUT2D eigenvalue weighted by Crippen LogP contribution is -2.34. The van der Waals surface area contributed by atoms with Gasteiger partial charge in [-0.25, -0.2) is 0 Å². The zero-order valence-corrected chi connectivity index (χ0v) is 28.4. The van der Waals surface area contributed by atoms with Crippen LogP contribution in [0.5, 0.6) is 0 Å². The molecule has 0 spiro atoms. The van der Waals surface area contributed by atoms with Crippen molar-refractivity contribution in [2.75, 3.05) is 0 Å². The smallest absolute Gasteiger partial charge is 0.298 e. The highest BCUT2D eigenvalue weighted by Gasteiger charge is 2.43. The molecule has 0 saturated heterocycles. The van der Waals surface area contributed by atoms with Crippen molar-refractivity contribution in [2.24, 2.45) is 35.5 Å². The Hall–Kier alpha value is -0.480. The molecule has 2 saturated carbocycles. The van der Waals surface area contributed by atoms with Crippen molar-refractivity contribution >= 4 is 44.6 Å². The fourth-order valence-corrected chi connectivity index (χ4v) is 20.5. The second kappa shape index (κ2) is 14.3. The Morgan fingerprint density at radius 3 is 1.30 bits per heavy atom. The van der Waals surface area contributed by atoms with Crippen LogP contribution < -0.4 is 10.6 Å². The molecule has 2 aliphatic rings. The second-order valence-electron chi connectivity index (χ2n) is 12.8. The molecule has 0 radical (unpaired) electrons. The van der Waals surface area contributed by atoms with Crippen LogP contribution in [0, 0.1) is 35.5 Å². The van der Waals surface area contributed by atoms with Crippen LogP contribution in [0.2, 0.25) is 0 Å². The molecule has 2 aromatic carbocycles. The molecule has 4 nitrogen and oxygen atoms in total. The molecule has 4 rings (SSSR count). The average molecular weight is 623 g/mol. The van der Waals surface area contributed by atoms with Crippen LogP contribution in [0.1, 0.15) is 80.1 Å². The molecule has 0 unspecified atom stereocenters. The number of hydrogen-bond acceptors (Lipinski definition) is 6. The molecule has 40 heavy (non-hydrogen) atoms. The fraction of sp³-hybridized carbons (Fsp3) is 0.625.